The molecule has 0 amide bonds. The van der Waals surface area contributed by atoms with Crippen molar-refractivity contribution >= 4 is 21.7 Å². The molecule has 0 aliphatic rings. The number of hydrogen-bond acceptors (Lipinski definition) is 3. The molecule has 0 saturated carbocycles. The lowest BCUT2D eigenvalue weighted by molar-refractivity contribution is 0.0900. The molecule has 2 aromatic carbocycles. The zero-order valence-electron chi connectivity index (χ0n) is 13.7. The molecule has 0 radical (unpaired) electrons. The van der Waals surface area contributed by atoms with Crippen LogP contribution in [-0.4, -0.2) is 22.3 Å². The number of imidazole rings is 1. The van der Waals surface area contributed by atoms with Gasteiger partial charge in [0, 0.05) is 22.4 Å². The van der Waals surface area contributed by atoms with E-state index in [-0.39, 0.29) is 6.10 Å². The predicted octanol–water partition coefficient (Wildman–Crippen LogP) is 4.78. The van der Waals surface area contributed by atoms with Crippen molar-refractivity contribution in [2.24, 2.45) is 0 Å². The van der Waals surface area contributed by atoms with Crippen LogP contribution in [0.1, 0.15) is 5.56 Å². The molecular formula is C20H19BrN2O2. The molecule has 4 nitrogen and oxygen atoms in total. The quantitative estimate of drug-likeness (QED) is 0.512. The summed E-state index contributed by atoms with van der Waals surface area (Å²) in [6.45, 7) is 5.10. The first-order chi connectivity index (χ1) is 12.2. The van der Waals surface area contributed by atoms with E-state index < -0.39 is 0 Å². The summed E-state index contributed by atoms with van der Waals surface area (Å²) >= 11 is 3.44. The van der Waals surface area contributed by atoms with E-state index in [4.69, 9.17) is 9.47 Å². The Kier molecular flexibility index (Phi) is 5.90. The molecule has 1 aromatic heterocycles. The monoisotopic (exact) mass is 398 g/mol. The number of nitrogens with zero attached hydrogens (tertiary/aromatic N) is 2. The fourth-order valence-electron chi connectivity index (χ4n) is 2.36. The zero-order chi connectivity index (χ0) is 17.5. The largest absolute Gasteiger partial charge is 0.490 e. The zero-order valence-corrected chi connectivity index (χ0v) is 15.3. The molecule has 0 fully saturated rings. The van der Waals surface area contributed by atoms with Crippen LogP contribution in [0, 0.1) is 0 Å². The van der Waals surface area contributed by atoms with Crippen molar-refractivity contribution in [1.29, 1.82) is 0 Å². The maximum Gasteiger partial charge on any atom is 0.150 e. The molecule has 0 unspecified atom stereocenters. The Balaban J connectivity index is 1.66. The van der Waals surface area contributed by atoms with Crippen molar-refractivity contribution in [3.63, 3.8) is 0 Å². The second kappa shape index (κ2) is 8.53. The molecule has 25 heavy (non-hydrogen) atoms. The summed E-state index contributed by atoms with van der Waals surface area (Å²) < 4.78 is 14.9. The van der Waals surface area contributed by atoms with Crippen molar-refractivity contribution < 1.29 is 9.47 Å². The predicted molar refractivity (Wildman–Crippen MR) is 102 cm³/mol. The van der Waals surface area contributed by atoms with Gasteiger partial charge in [0.2, 0.25) is 0 Å². The van der Waals surface area contributed by atoms with Crippen LogP contribution in [-0.2, 0) is 11.3 Å². The number of hydrogen-bond donors (Lipinski definition) is 0. The third-order valence-electron chi connectivity index (χ3n) is 3.63. The van der Waals surface area contributed by atoms with Gasteiger partial charge in [0.1, 0.15) is 18.1 Å². The normalized spacial score (nSPS) is 11.7. The van der Waals surface area contributed by atoms with Gasteiger partial charge in [-0.1, -0.05) is 52.8 Å². The van der Waals surface area contributed by atoms with E-state index in [0.29, 0.717) is 18.9 Å². The van der Waals surface area contributed by atoms with Gasteiger partial charge in [-0.3, -0.25) is 0 Å². The lowest BCUT2D eigenvalue weighted by Gasteiger charge is -2.21. The Bertz CT molecular complexity index is 786. The minimum atomic E-state index is -0.189. The highest BCUT2D eigenvalue weighted by atomic mass is 79.9. The van der Waals surface area contributed by atoms with Crippen LogP contribution in [0.2, 0.25) is 0 Å². The van der Waals surface area contributed by atoms with Crippen molar-refractivity contribution in [2.75, 3.05) is 6.61 Å². The summed E-state index contributed by atoms with van der Waals surface area (Å²) in [6, 6.07) is 17.6. The fraction of sp³-hybridized carbons (Fsp3) is 0.150. The maximum atomic E-state index is 6.09. The molecule has 3 aromatic rings. The number of halogens is 1. The highest BCUT2D eigenvalue weighted by Crippen LogP contribution is 2.20. The lowest BCUT2D eigenvalue weighted by Crippen LogP contribution is -2.26. The van der Waals surface area contributed by atoms with Gasteiger partial charge in [-0.05, 0) is 24.3 Å². The van der Waals surface area contributed by atoms with Crippen molar-refractivity contribution in [2.45, 2.75) is 12.6 Å². The standard InChI is InChI=1S/C20H19BrN2O2/c1-16(17-7-9-18(21)10-8-17)25-20(13-23-12-11-22-15-23)14-24-19-5-3-2-4-6-19/h2-12,15,20H,1,13-14H2/t20-/m1/s1. The molecular weight excluding hydrogens is 380 g/mol. The number of ether oxygens (including phenoxy) is 2. The molecule has 3 rings (SSSR count). The summed E-state index contributed by atoms with van der Waals surface area (Å²) in [5.74, 6) is 1.44. The van der Waals surface area contributed by atoms with Gasteiger partial charge in [0.25, 0.3) is 0 Å². The Labute approximate surface area is 155 Å². The van der Waals surface area contributed by atoms with Gasteiger partial charge in [0.05, 0.1) is 12.9 Å². The van der Waals surface area contributed by atoms with Crippen molar-refractivity contribution in [3.05, 3.63) is 89.9 Å². The summed E-state index contributed by atoms with van der Waals surface area (Å²) in [5.41, 5.74) is 0.943. The molecule has 0 aliphatic heterocycles. The average molecular weight is 399 g/mol. The van der Waals surface area contributed by atoms with Crippen LogP contribution in [0.5, 0.6) is 5.75 Å². The average Bonchev–Trinajstić information content (AvgIpc) is 3.14. The number of aromatic nitrogens is 2. The lowest BCUT2D eigenvalue weighted by atomic mass is 10.2. The van der Waals surface area contributed by atoms with Crippen LogP contribution in [0.25, 0.3) is 5.76 Å². The second-order valence-electron chi connectivity index (χ2n) is 5.55. The Morgan fingerprint density at radius 1 is 1.12 bits per heavy atom. The van der Waals surface area contributed by atoms with E-state index in [9.17, 15) is 0 Å². The van der Waals surface area contributed by atoms with Gasteiger partial charge in [-0.15, -0.1) is 0 Å². The summed E-state index contributed by atoms with van der Waals surface area (Å²) in [5, 5.41) is 0. The molecule has 0 N–H and O–H groups in total. The molecule has 0 spiro atoms. The molecule has 1 heterocycles. The van der Waals surface area contributed by atoms with Crippen LogP contribution < -0.4 is 4.74 Å². The molecule has 1 atom stereocenters. The summed E-state index contributed by atoms with van der Waals surface area (Å²) in [7, 11) is 0. The maximum absolute atomic E-state index is 6.09. The molecule has 0 aliphatic carbocycles. The summed E-state index contributed by atoms with van der Waals surface area (Å²) in [6.07, 6.45) is 5.23. The Hall–Kier alpha value is -2.53. The van der Waals surface area contributed by atoms with E-state index in [1.165, 1.54) is 0 Å². The smallest absolute Gasteiger partial charge is 0.150 e. The Morgan fingerprint density at radius 3 is 2.56 bits per heavy atom. The summed E-state index contributed by atoms with van der Waals surface area (Å²) in [4.78, 5) is 4.08. The van der Waals surface area contributed by atoms with Gasteiger partial charge in [-0.25, -0.2) is 4.98 Å². The van der Waals surface area contributed by atoms with E-state index in [1.807, 2.05) is 65.4 Å². The first kappa shape index (κ1) is 17.3. The second-order valence-corrected chi connectivity index (χ2v) is 6.47. The van der Waals surface area contributed by atoms with Gasteiger partial charge in [-0.2, -0.15) is 0 Å². The highest BCUT2D eigenvalue weighted by molar-refractivity contribution is 9.10. The molecule has 128 valence electrons. The fourth-order valence-corrected chi connectivity index (χ4v) is 2.63. The van der Waals surface area contributed by atoms with Gasteiger partial charge < -0.3 is 14.0 Å². The molecule has 0 saturated heterocycles. The molecule has 5 heteroatoms. The van der Waals surface area contributed by atoms with E-state index in [2.05, 4.69) is 27.5 Å². The van der Waals surface area contributed by atoms with Crippen LogP contribution in [0.15, 0.2) is 84.4 Å². The Morgan fingerprint density at radius 2 is 1.88 bits per heavy atom. The van der Waals surface area contributed by atoms with Crippen molar-refractivity contribution in [1.82, 2.24) is 9.55 Å². The number of rotatable bonds is 8. The van der Waals surface area contributed by atoms with E-state index in [0.717, 1.165) is 15.8 Å². The van der Waals surface area contributed by atoms with Crippen LogP contribution in [0.4, 0.5) is 0 Å². The van der Waals surface area contributed by atoms with Crippen molar-refractivity contribution in [3.8, 4) is 5.75 Å². The first-order valence-electron chi connectivity index (χ1n) is 7.96. The first-order valence-corrected chi connectivity index (χ1v) is 8.75. The van der Waals surface area contributed by atoms with Gasteiger partial charge in [0.15, 0.2) is 6.10 Å². The van der Waals surface area contributed by atoms with E-state index in [1.54, 1.807) is 12.5 Å². The van der Waals surface area contributed by atoms with E-state index >= 15 is 0 Å². The van der Waals surface area contributed by atoms with Crippen LogP contribution >= 0.6 is 15.9 Å². The minimum absolute atomic E-state index is 0.189. The minimum Gasteiger partial charge on any atom is -0.490 e. The third-order valence-corrected chi connectivity index (χ3v) is 4.16. The third kappa shape index (κ3) is 5.22. The highest BCUT2D eigenvalue weighted by Gasteiger charge is 2.14. The number of para-hydroxylation sites is 1. The SMILES string of the molecule is C=C(O[C@@H](COc1ccccc1)Cn1ccnc1)c1ccc(Br)cc1. The number of benzene rings is 2. The van der Waals surface area contributed by atoms with Crippen LogP contribution in [0.3, 0.4) is 0 Å². The topological polar surface area (TPSA) is 36.3 Å². The molecule has 0 bridgehead atoms. The van der Waals surface area contributed by atoms with Gasteiger partial charge >= 0.3 is 0 Å².